The monoisotopic (exact) mass is 212 g/mol. The van der Waals surface area contributed by atoms with Gasteiger partial charge in [-0.05, 0) is 18.2 Å². The van der Waals surface area contributed by atoms with E-state index in [1.165, 1.54) is 18.5 Å². The van der Waals surface area contributed by atoms with Gasteiger partial charge in [0.25, 0.3) is 5.91 Å². The highest BCUT2D eigenvalue weighted by molar-refractivity contribution is 6.03. The number of pyridine rings is 1. The van der Waals surface area contributed by atoms with Gasteiger partial charge in [-0.2, -0.15) is 5.26 Å². The number of H-pyrrole nitrogens is 1. The number of nitrogens with one attached hydrogen (secondary N) is 2. The van der Waals surface area contributed by atoms with Gasteiger partial charge < -0.3 is 10.3 Å². The lowest BCUT2D eigenvalue weighted by molar-refractivity contribution is 0.102. The molecule has 2 aromatic heterocycles. The molecule has 0 aliphatic carbocycles. The first kappa shape index (κ1) is 9.93. The molecule has 16 heavy (non-hydrogen) atoms. The molecule has 2 aromatic rings. The fourth-order valence-corrected chi connectivity index (χ4v) is 1.23. The molecule has 0 aliphatic heterocycles. The summed E-state index contributed by atoms with van der Waals surface area (Å²) in [4.78, 5) is 18.4. The standard InChI is InChI=1S/C11H8N4O/c12-5-8-4-9(7-13-6-8)11(16)15-10-2-1-3-14-10/h1-4,6-7,14H,(H,15,16). The van der Waals surface area contributed by atoms with E-state index in [2.05, 4.69) is 15.3 Å². The molecule has 5 heteroatoms. The summed E-state index contributed by atoms with van der Waals surface area (Å²) in [6.45, 7) is 0. The van der Waals surface area contributed by atoms with Crippen molar-refractivity contribution in [2.45, 2.75) is 0 Å². The van der Waals surface area contributed by atoms with Crippen LogP contribution in [0.4, 0.5) is 5.82 Å². The highest BCUT2D eigenvalue weighted by Gasteiger charge is 2.07. The minimum Gasteiger partial charge on any atom is -0.348 e. The molecular weight excluding hydrogens is 204 g/mol. The summed E-state index contributed by atoms with van der Waals surface area (Å²) in [5, 5.41) is 11.3. The molecular formula is C11H8N4O. The van der Waals surface area contributed by atoms with E-state index in [0.29, 0.717) is 16.9 Å². The van der Waals surface area contributed by atoms with Crippen LogP contribution in [-0.4, -0.2) is 15.9 Å². The lowest BCUT2D eigenvalue weighted by Gasteiger charge is -2.02. The topological polar surface area (TPSA) is 81.6 Å². The number of amides is 1. The quantitative estimate of drug-likeness (QED) is 0.792. The highest BCUT2D eigenvalue weighted by Crippen LogP contribution is 2.06. The minimum atomic E-state index is -0.299. The van der Waals surface area contributed by atoms with Crippen molar-refractivity contribution < 1.29 is 4.79 Å². The van der Waals surface area contributed by atoms with Gasteiger partial charge in [0.05, 0.1) is 11.1 Å². The van der Waals surface area contributed by atoms with Gasteiger partial charge in [-0.15, -0.1) is 0 Å². The van der Waals surface area contributed by atoms with Crippen molar-refractivity contribution in [2.75, 3.05) is 5.32 Å². The third-order valence-corrected chi connectivity index (χ3v) is 1.98. The maximum atomic E-state index is 11.7. The molecule has 5 nitrogen and oxygen atoms in total. The van der Waals surface area contributed by atoms with E-state index >= 15 is 0 Å². The van der Waals surface area contributed by atoms with Crippen LogP contribution in [-0.2, 0) is 0 Å². The largest absolute Gasteiger partial charge is 0.348 e. The van der Waals surface area contributed by atoms with Crippen LogP contribution in [0.3, 0.4) is 0 Å². The van der Waals surface area contributed by atoms with Gasteiger partial charge in [-0.3, -0.25) is 9.78 Å². The average Bonchev–Trinajstić information content (AvgIpc) is 2.82. The Morgan fingerprint density at radius 3 is 3.06 bits per heavy atom. The van der Waals surface area contributed by atoms with Crippen LogP contribution in [0.15, 0.2) is 36.8 Å². The van der Waals surface area contributed by atoms with E-state index in [0.717, 1.165) is 0 Å². The summed E-state index contributed by atoms with van der Waals surface area (Å²) in [6.07, 6.45) is 4.53. The highest BCUT2D eigenvalue weighted by atomic mass is 16.1. The molecule has 2 N–H and O–H groups in total. The van der Waals surface area contributed by atoms with Gasteiger partial charge in [0.15, 0.2) is 0 Å². The van der Waals surface area contributed by atoms with Crippen molar-refractivity contribution in [1.82, 2.24) is 9.97 Å². The molecule has 0 aromatic carbocycles. The van der Waals surface area contributed by atoms with Crippen LogP contribution in [0.1, 0.15) is 15.9 Å². The predicted octanol–water partition coefficient (Wildman–Crippen LogP) is 1.53. The van der Waals surface area contributed by atoms with Gasteiger partial charge >= 0.3 is 0 Å². The number of carbonyl (C=O) groups is 1. The Morgan fingerprint density at radius 2 is 2.38 bits per heavy atom. The number of hydrogen-bond acceptors (Lipinski definition) is 3. The lowest BCUT2D eigenvalue weighted by atomic mass is 10.2. The maximum absolute atomic E-state index is 11.7. The summed E-state index contributed by atoms with van der Waals surface area (Å²) in [7, 11) is 0. The second-order valence-corrected chi connectivity index (χ2v) is 3.11. The smallest absolute Gasteiger partial charge is 0.258 e. The van der Waals surface area contributed by atoms with Gasteiger partial charge in [0.2, 0.25) is 0 Å². The summed E-state index contributed by atoms with van der Waals surface area (Å²) in [5.41, 5.74) is 0.716. The van der Waals surface area contributed by atoms with Crippen LogP contribution < -0.4 is 5.32 Å². The van der Waals surface area contributed by atoms with Gasteiger partial charge in [0, 0.05) is 18.6 Å². The number of rotatable bonds is 2. The third kappa shape index (κ3) is 2.07. The molecule has 2 rings (SSSR count). The Morgan fingerprint density at radius 1 is 1.50 bits per heavy atom. The molecule has 1 amide bonds. The zero-order valence-corrected chi connectivity index (χ0v) is 8.27. The number of carbonyl (C=O) groups excluding carboxylic acids is 1. The molecule has 0 unspecified atom stereocenters. The fraction of sp³-hybridized carbons (Fsp3) is 0. The van der Waals surface area contributed by atoms with E-state index in [4.69, 9.17) is 5.26 Å². The number of anilines is 1. The molecule has 0 radical (unpaired) electrons. The molecule has 0 bridgehead atoms. The first-order valence-electron chi connectivity index (χ1n) is 4.59. The Kier molecular flexibility index (Phi) is 2.65. The number of nitriles is 1. The first-order chi connectivity index (χ1) is 7.79. The molecule has 0 saturated heterocycles. The minimum absolute atomic E-state index is 0.299. The summed E-state index contributed by atoms with van der Waals surface area (Å²) >= 11 is 0. The Balaban J connectivity index is 2.18. The normalized spacial score (nSPS) is 9.44. The Labute approximate surface area is 91.8 Å². The molecule has 0 spiro atoms. The van der Waals surface area contributed by atoms with Gasteiger partial charge in [0.1, 0.15) is 11.9 Å². The van der Waals surface area contributed by atoms with Crippen molar-refractivity contribution in [2.24, 2.45) is 0 Å². The summed E-state index contributed by atoms with van der Waals surface area (Å²) in [6, 6.07) is 6.94. The zero-order valence-electron chi connectivity index (χ0n) is 8.27. The average molecular weight is 212 g/mol. The second kappa shape index (κ2) is 4.28. The van der Waals surface area contributed by atoms with Gasteiger partial charge in [-0.1, -0.05) is 0 Å². The van der Waals surface area contributed by atoms with Gasteiger partial charge in [-0.25, -0.2) is 0 Å². The van der Waals surface area contributed by atoms with E-state index in [9.17, 15) is 4.79 Å². The van der Waals surface area contributed by atoms with Crippen LogP contribution in [0.2, 0.25) is 0 Å². The maximum Gasteiger partial charge on any atom is 0.258 e. The Bertz CT molecular complexity index is 539. The number of nitrogens with zero attached hydrogens (tertiary/aromatic N) is 2. The third-order valence-electron chi connectivity index (χ3n) is 1.98. The molecule has 0 fully saturated rings. The lowest BCUT2D eigenvalue weighted by Crippen LogP contribution is -2.12. The molecule has 0 saturated carbocycles. The van der Waals surface area contributed by atoms with Crippen LogP contribution in [0, 0.1) is 11.3 Å². The number of aromatic nitrogens is 2. The van der Waals surface area contributed by atoms with Crippen molar-refractivity contribution in [3.05, 3.63) is 47.9 Å². The molecule has 0 atom stereocenters. The molecule has 78 valence electrons. The summed E-state index contributed by atoms with van der Waals surface area (Å²) < 4.78 is 0. The Hall–Kier alpha value is -2.61. The molecule has 0 aliphatic rings. The van der Waals surface area contributed by atoms with Crippen molar-refractivity contribution in [3.63, 3.8) is 0 Å². The zero-order chi connectivity index (χ0) is 11.4. The van der Waals surface area contributed by atoms with Crippen LogP contribution >= 0.6 is 0 Å². The second-order valence-electron chi connectivity index (χ2n) is 3.11. The van der Waals surface area contributed by atoms with E-state index in [1.54, 1.807) is 18.3 Å². The number of hydrogen-bond donors (Lipinski definition) is 2. The van der Waals surface area contributed by atoms with Crippen molar-refractivity contribution in [1.29, 1.82) is 5.26 Å². The predicted molar refractivity (Wildman–Crippen MR) is 57.7 cm³/mol. The van der Waals surface area contributed by atoms with E-state index < -0.39 is 0 Å². The summed E-state index contributed by atoms with van der Waals surface area (Å²) in [5.74, 6) is 0.305. The molecule has 2 heterocycles. The number of aromatic amines is 1. The van der Waals surface area contributed by atoms with Crippen LogP contribution in [0.25, 0.3) is 0 Å². The fourth-order valence-electron chi connectivity index (χ4n) is 1.23. The SMILES string of the molecule is N#Cc1cncc(C(=O)Nc2ccc[nH]2)c1. The van der Waals surface area contributed by atoms with E-state index in [1.807, 2.05) is 6.07 Å². The first-order valence-corrected chi connectivity index (χ1v) is 4.59. The van der Waals surface area contributed by atoms with Crippen molar-refractivity contribution >= 4 is 11.7 Å². The van der Waals surface area contributed by atoms with Crippen LogP contribution in [0.5, 0.6) is 0 Å². The van der Waals surface area contributed by atoms with E-state index in [-0.39, 0.29) is 5.91 Å². The van der Waals surface area contributed by atoms with Crippen molar-refractivity contribution in [3.8, 4) is 6.07 Å².